The lowest BCUT2D eigenvalue weighted by atomic mass is 9.92. The molecule has 1 aromatic rings. The van der Waals surface area contributed by atoms with E-state index in [9.17, 15) is 0 Å². The van der Waals surface area contributed by atoms with Gasteiger partial charge >= 0.3 is 0 Å². The van der Waals surface area contributed by atoms with Gasteiger partial charge in [0.15, 0.2) is 0 Å². The molecule has 17 heavy (non-hydrogen) atoms. The third kappa shape index (κ3) is 2.01. The third-order valence-corrected chi connectivity index (χ3v) is 4.33. The molecule has 1 heterocycles. The number of aromatic nitrogens is 2. The van der Waals surface area contributed by atoms with Crippen molar-refractivity contribution in [1.29, 1.82) is 0 Å². The second kappa shape index (κ2) is 4.81. The van der Waals surface area contributed by atoms with Crippen LogP contribution in [0.2, 0.25) is 0 Å². The maximum Gasteiger partial charge on any atom is 0.0540 e. The van der Waals surface area contributed by atoms with Crippen molar-refractivity contribution in [2.75, 3.05) is 6.54 Å². The molecule has 0 amide bonds. The lowest BCUT2D eigenvalue weighted by Crippen LogP contribution is -2.25. The highest BCUT2D eigenvalue weighted by molar-refractivity contribution is 5.25. The Labute approximate surface area is 104 Å². The SMILES string of the molecule is CCNC1CCCc2c1cnn2C1CCCC1. The summed E-state index contributed by atoms with van der Waals surface area (Å²) in [4.78, 5) is 0. The first-order valence-electron chi connectivity index (χ1n) is 7.19. The van der Waals surface area contributed by atoms with E-state index in [2.05, 4.69) is 28.2 Å². The summed E-state index contributed by atoms with van der Waals surface area (Å²) in [6, 6.07) is 1.25. The summed E-state index contributed by atoms with van der Waals surface area (Å²) in [6.45, 7) is 3.24. The Balaban J connectivity index is 1.87. The van der Waals surface area contributed by atoms with E-state index in [1.54, 1.807) is 0 Å². The van der Waals surface area contributed by atoms with E-state index in [1.807, 2.05) is 0 Å². The van der Waals surface area contributed by atoms with Gasteiger partial charge in [0.2, 0.25) is 0 Å². The third-order valence-electron chi connectivity index (χ3n) is 4.33. The lowest BCUT2D eigenvalue weighted by molar-refractivity contribution is 0.419. The van der Waals surface area contributed by atoms with Crippen LogP contribution in [0.3, 0.4) is 0 Å². The molecule has 1 saturated carbocycles. The fourth-order valence-corrected chi connectivity index (χ4v) is 3.50. The maximum absolute atomic E-state index is 4.69. The number of nitrogens with zero attached hydrogens (tertiary/aromatic N) is 2. The van der Waals surface area contributed by atoms with Gasteiger partial charge in [-0.05, 0) is 38.6 Å². The molecule has 3 nitrogen and oxygen atoms in total. The summed E-state index contributed by atoms with van der Waals surface area (Å²) in [5.74, 6) is 0. The molecule has 0 aliphatic heterocycles. The van der Waals surface area contributed by atoms with Gasteiger partial charge in [0, 0.05) is 17.3 Å². The van der Waals surface area contributed by atoms with Crippen LogP contribution < -0.4 is 5.32 Å². The molecule has 1 unspecified atom stereocenters. The molecular weight excluding hydrogens is 210 g/mol. The quantitative estimate of drug-likeness (QED) is 0.870. The first-order chi connectivity index (χ1) is 8.40. The molecule has 0 bridgehead atoms. The first-order valence-corrected chi connectivity index (χ1v) is 7.19. The second-order valence-electron chi connectivity index (χ2n) is 5.43. The molecular formula is C14H23N3. The highest BCUT2D eigenvalue weighted by atomic mass is 15.3. The highest BCUT2D eigenvalue weighted by Gasteiger charge is 2.27. The zero-order valence-corrected chi connectivity index (χ0v) is 10.8. The van der Waals surface area contributed by atoms with Gasteiger partial charge < -0.3 is 5.32 Å². The molecule has 0 spiro atoms. The minimum Gasteiger partial charge on any atom is -0.310 e. The average molecular weight is 233 g/mol. The van der Waals surface area contributed by atoms with E-state index in [0.717, 1.165) is 6.54 Å². The number of fused-ring (bicyclic) bond motifs is 1. The van der Waals surface area contributed by atoms with Crippen LogP contribution in [0.25, 0.3) is 0 Å². The molecule has 1 atom stereocenters. The Morgan fingerprint density at radius 1 is 1.29 bits per heavy atom. The Morgan fingerprint density at radius 2 is 2.12 bits per heavy atom. The topological polar surface area (TPSA) is 29.9 Å². The molecule has 94 valence electrons. The zero-order chi connectivity index (χ0) is 11.7. The monoisotopic (exact) mass is 233 g/mol. The number of hydrogen-bond donors (Lipinski definition) is 1. The molecule has 3 rings (SSSR count). The van der Waals surface area contributed by atoms with Crippen molar-refractivity contribution in [3.63, 3.8) is 0 Å². The largest absolute Gasteiger partial charge is 0.310 e. The molecule has 0 aromatic carbocycles. The normalized spacial score (nSPS) is 25.1. The molecule has 3 heteroatoms. The van der Waals surface area contributed by atoms with Gasteiger partial charge in [0.1, 0.15) is 0 Å². The van der Waals surface area contributed by atoms with Crippen molar-refractivity contribution in [3.05, 3.63) is 17.5 Å². The van der Waals surface area contributed by atoms with Crippen LogP contribution in [0.1, 0.15) is 68.8 Å². The first kappa shape index (κ1) is 11.3. The van der Waals surface area contributed by atoms with E-state index in [4.69, 9.17) is 0 Å². The predicted molar refractivity (Wildman–Crippen MR) is 69.1 cm³/mol. The van der Waals surface area contributed by atoms with Gasteiger partial charge in [-0.3, -0.25) is 4.68 Å². The van der Waals surface area contributed by atoms with E-state index < -0.39 is 0 Å². The van der Waals surface area contributed by atoms with Gasteiger partial charge in [0.05, 0.1) is 12.2 Å². The summed E-state index contributed by atoms with van der Waals surface area (Å²) in [5, 5.41) is 8.28. The van der Waals surface area contributed by atoms with Gasteiger partial charge in [-0.1, -0.05) is 19.8 Å². The smallest absolute Gasteiger partial charge is 0.0540 e. The van der Waals surface area contributed by atoms with E-state index in [0.29, 0.717) is 12.1 Å². The highest BCUT2D eigenvalue weighted by Crippen LogP contribution is 2.35. The van der Waals surface area contributed by atoms with Crippen LogP contribution in [0.5, 0.6) is 0 Å². The van der Waals surface area contributed by atoms with Crippen LogP contribution in [0.4, 0.5) is 0 Å². The summed E-state index contributed by atoms with van der Waals surface area (Å²) < 4.78 is 2.35. The standard InChI is InChI=1S/C14H23N3/c1-2-15-13-8-5-9-14-12(13)10-16-17(14)11-6-3-4-7-11/h10-11,13,15H,2-9H2,1H3. The van der Waals surface area contributed by atoms with Crippen molar-refractivity contribution in [3.8, 4) is 0 Å². The molecule has 1 fully saturated rings. The van der Waals surface area contributed by atoms with Crippen LogP contribution in [0.15, 0.2) is 6.20 Å². The summed E-state index contributed by atoms with van der Waals surface area (Å²) >= 11 is 0. The van der Waals surface area contributed by atoms with E-state index in [1.165, 1.54) is 56.2 Å². The van der Waals surface area contributed by atoms with Gasteiger partial charge in [-0.15, -0.1) is 0 Å². The van der Waals surface area contributed by atoms with Crippen molar-refractivity contribution in [2.45, 2.75) is 64.0 Å². The van der Waals surface area contributed by atoms with Gasteiger partial charge in [0.25, 0.3) is 0 Å². The summed E-state index contributed by atoms with van der Waals surface area (Å²) in [6.07, 6.45) is 11.4. The molecule has 2 aliphatic carbocycles. The summed E-state index contributed by atoms with van der Waals surface area (Å²) in [5.41, 5.74) is 3.00. The van der Waals surface area contributed by atoms with Crippen LogP contribution >= 0.6 is 0 Å². The van der Waals surface area contributed by atoms with Gasteiger partial charge in [-0.2, -0.15) is 5.10 Å². The average Bonchev–Trinajstić information content (AvgIpc) is 2.97. The Hall–Kier alpha value is -0.830. The summed E-state index contributed by atoms with van der Waals surface area (Å²) in [7, 11) is 0. The minimum atomic E-state index is 0.555. The fraction of sp³-hybridized carbons (Fsp3) is 0.786. The maximum atomic E-state index is 4.69. The Bertz CT molecular complexity index is 377. The van der Waals surface area contributed by atoms with Gasteiger partial charge in [-0.25, -0.2) is 0 Å². The minimum absolute atomic E-state index is 0.555. The van der Waals surface area contributed by atoms with Crippen LogP contribution in [-0.2, 0) is 6.42 Å². The molecule has 0 radical (unpaired) electrons. The molecule has 0 saturated heterocycles. The number of rotatable bonds is 3. The molecule has 2 aliphatic rings. The number of hydrogen-bond acceptors (Lipinski definition) is 2. The van der Waals surface area contributed by atoms with Crippen molar-refractivity contribution < 1.29 is 0 Å². The number of nitrogens with one attached hydrogen (secondary N) is 1. The van der Waals surface area contributed by atoms with E-state index >= 15 is 0 Å². The Morgan fingerprint density at radius 3 is 2.88 bits per heavy atom. The lowest BCUT2D eigenvalue weighted by Gasteiger charge is -2.25. The van der Waals surface area contributed by atoms with Crippen LogP contribution in [0, 0.1) is 0 Å². The predicted octanol–water partition coefficient (Wildman–Crippen LogP) is 2.99. The van der Waals surface area contributed by atoms with Crippen molar-refractivity contribution >= 4 is 0 Å². The zero-order valence-electron chi connectivity index (χ0n) is 10.8. The second-order valence-corrected chi connectivity index (χ2v) is 5.43. The van der Waals surface area contributed by atoms with Crippen molar-refractivity contribution in [1.82, 2.24) is 15.1 Å². The van der Waals surface area contributed by atoms with Crippen molar-refractivity contribution in [2.24, 2.45) is 0 Å². The molecule has 1 N–H and O–H groups in total. The molecule has 1 aromatic heterocycles. The van der Waals surface area contributed by atoms with Crippen LogP contribution in [-0.4, -0.2) is 16.3 Å². The fourth-order valence-electron chi connectivity index (χ4n) is 3.50. The van der Waals surface area contributed by atoms with E-state index in [-0.39, 0.29) is 0 Å². The Kier molecular flexibility index (Phi) is 3.19.